The van der Waals surface area contributed by atoms with Crippen molar-refractivity contribution in [2.24, 2.45) is 0 Å². The molecule has 0 unspecified atom stereocenters. The van der Waals surface area contributed by atoms with Crippen LogP contribution in [0.5, 0.6) is 5.75 Å². The quantitative estimate of drug-likeness (QED) is 0.874. The first-order valence-electron chi connectivity index (χ1n) is 7.40. The van der Waals surface area contributed by atoms with Gasteiger partial charge < -0.3 is 10.1 Å². The number of ether oxygens (including phenoxy) is 1. The molecular weight excluding hydrogens is 262 g/mol. The number of aromatic nitrogens is 2. The first kappa shape index (κ1) is 15.3. The number of nitrogens with zero attached hydrogens (tertiary/aromatic N) is 2. The molecule has 0 saturated carbocycles. The lowest BCUT2D eigenvalue weighted by molar-refractivity contribution is 0.291. The number of nitrogens with one attached hydrogen (secondary N) is 1. The maximum absolute atomic E-state index is 5.92. The topological polar surface area (TPSA) is 47.0 Å². The summed E-state index contributed by atoms with van der Waals surface area (Å²) in [4.78, 5) is 8.90. The van der Waals surface area contributed by atoms with Crippen molar-refractivity contribution in [1.82, 2.24) is 9.97 Å². The normalized spacial score (nSPS) is 10.7. The molecule has 0 aliphatic rings. The third-order valence-electron chi connectivity index (χ3n) is 3.16. The Kier molecular flexibility index (Phi) is 5.14. The van der Waals surface area contributed by atoms with Crippen LogP contribution in [-0.2, 0) is 6.61 Å². The number of rotatable bonds is 6. The largest absolute Gasteiger partial charge is 0.485 e. The molecule has 0 aliphatic carbocycles. The van der Waals surface area contributed by atoms with Gasteiger partial charge in [0.25, 0.3) is 0 Å². The van der Waals surface area contributed by atoms with Gasteiger partial charge in [-0.1, -0.05) is 32.0 Å². The highest BCUT2D eigenvalue weighted by atomic mass is 16.5. The zero-order valence-electron chi connectivity index (χ0n) is 13.2. The van der Waals surface area contributed by atoms with Crippen LogP contribution in [0.25, 0.3) is 0 Å². The summed E-state index contributed by atoms with van der Waals surface area (Å²) >= 11 is 0. The van der Waals surface area contributed by atoms with E-state index in [0.717, 1.165) is 23.8 Å². The number of para-hydroxylation sites is 1. The lowest BCUT2D eigenvalue weighted by atomic mass is 10.0. The number of hydrogen-bond donors (Lipinski definition) is 1. The smallest absolute Gasteiger partial charge is 0.168 e. The minimum atomic E-state index is 0.379. The van der Waals surface area contributed by atoms with Crippen molar-refractivity contribution in [2.45, 2.75) is 40.2 Å². The molecule has 2 aromatic rings. The molecule has 1 aromatic heterocycles. The average molecular weight is 285 g/mol. The van der Waals surface area contributed by atoms with Crippen LogP contribution in [-0.4, -0.2) is 16.5 Å². The van der Waals surface area contributed by atoms with E-state index in [1.54, 1.807) is 0 Å². The van der Waals surface area contributed by atoms with Crippen molar-refractivity contribution in [2.75, 3.05) is 11.9 Å². The number of benzene rings is 1. The predicted octanol–water partition coefficient (Wildman–Crippen LogP) is 3.92. The van der Waals surface area contributed by atoms with E-state index in [2.05, 4.69) is 35.2 Å². The van der Waals surface area contributed by atoms with Gasteiger partial charge in [-0.05, 0) is 31.4 Å². The Bertz CT molecular complexity index is 596. The van der Waals surface area contributed by atoms with E-state index in [9.17, 15) is 0 Å². The molecule has 21 heavy (non-hydrogen) atoms. The Labute approximate surface area is 126 Å². The minimum absolute atomic E-state index is 0.379. The predicted molar refractivity (Wildman–Crippen MR) is 85.8 cm³/mol. The van der Waals surface area contributed by atoms with Gasteiger partial charge in [0.2, 0.25) is 0 Å². The van der Waals surface area contributed by atoms with Gasteiger partial charge >= 0.3 is 0 Å². The maximum Gasteiger partial charge on any atom is 0.168 e. The molecule has 4 nitrogen and oxygen atoms in total. The fraction of sp³-hybridized carbons (Fsp3) is 0.412. The van der Waals surface area contributed by atoms with Gasteiger partial charge in [-0.2, -0.15) is 0 Å². The van der Waals surface area contributed by atoms with E-state index in [-0.39, 0.29) is 0 Å². The highest BCUT2D eigenvalue weighted by Gasteiger charge is 2.08. The fourth-order valence-electron chi connectivity index (χ4n) is 2.20. The first-order chi connectivity index (χ1) is 10.1. The summed E-state index contributed by atoms with van der Waals surface area (Å²) in [5, 5.41) is 3.21. The number of aryl methyl sites for hydroxylation is 1. The molecule has 0 saturated heterocycles. The Morgan fingerprint density at radius 1 is 1.19 bits per heavy atom. The lowest BCUT2D eigenvalue weighted by Gasteiger charge is -2.14. The zero-order chi connectivity index (χ0) is 15.2. The van der Waals surface area contributed by atoms with E-state index >= 15 is 0 Å². The van der Waals surface area contributed by atoms with Crippen LogP contribution in [0.1, 0.15) is 43.8 Å². The van der Waals surface area contributed by atoms with Crippen LogP contribution in [0.4, 0.5) is 5.82 Å². The maximum atomic E-state index is 5.92. The van der Waals surface area contributed by atoms with Gasteiger partial charge in [-0.15, -0.1) is 0 Å². The summed E-state index contributed by atoms with van der Waals surface area (Å²) in [6.07, 6.45) is 0. The van der Waals surface area contributed by atoms with Crippen molar-refractivity contribution < 1.29 is 4.74 Å². The minimum Gasteiger partial charge on any atom is -0.485 e. The Hall–Kier alpha value is -2.10. The molecule has 2 rings (SSSR count). The molecule has 0 amide bonds. The van der Waals surface area contributed by atoms with Crippen molar-refractivity contribution in [1.29, 1.82) is 0 Å². The second-order valence-electron chi connectivity index (χ2n) is 5.32. The van der Waals surface area contributed by atoms with E-state index in [1.165, 1.54) is 5.56 Å². The van der Waals surface area contributed by atoms with Crippen LogP contribution >= 0.6 is 0 Å². The lowest BCUT2D eigenvalue weighted by Crippen LogP contribution is -2.08. The highest BCUT2D eigenvalue weighted by Crippen LogP contribution is 2.26. The molecule has 0 fully saturated rings. The summed E-state index contributed by atoms with van der Waals surface area (Å²) in [7, 11) is 0. The van der Waals surface area contributed by atoms with Crippen LogP contribution in [0.2, 0.25) is 0 Å². The second-order valence-corrected chi connectivity index (χ2v) is 5.32. The van der Waals surface area contributed by atoms with Crippen molar-refractivity contribution >= 4 is 5.82 Å². The Morgan fingerprint density at radius 3 is 2.67 bits per heavy atom. The highest BCUT2D eigenvalue weighted by molar-refractivity contribution is 5.37. The zero-order valence-corrected chi connectivity index (χ0v) is 13.2. The van der Waals surface area contributed by atoms with Gasteiger partial charge in [-0.25, -0.2) is 9.97 Å². The molecule has 0 radical (unpaired) electrons. The van der Waals surface area contributed by atoms with E-state index in [0.29, 0.717) is 18.3 Å². The summed E-state index contributed by atoms with van der Waals surface area (Å²) in [6.45, 7) is 9.56. The van der Waals surface area contributed by atoms with Crippen molar-refractivity contribution in [3.05, 3.63) is 47.4 Å². The van der Waals surface area contributed by atoms with Gasteiger partial charge in [-0.3, -0.25) is 0 Å². The van der Waals surface area contributed by atoms with E-state index in [4.69, 9.17) is 4.74 Å². The monoisotopic (exact) mass is 285 g/mol. The summed E-state index contributed by atoms with van der Waals surface area (Å²) in [6, 6.07) is 10.1. The second kappa shape index (κ2) is 7.07. The fourth-order valence-corrected chi connectivity index (χ4v) is 2.20. The summed E-state index contributed by atoms with van der Waals surface area (Å²) in [5.74, 6) is 2.88. The van der Waals surface area contributed by atoms with Crippen LogP contribution in [0.3, 0.4) is 0 Å². The molecule has 0 aliphatic heterocycles. The molecule has 1 N–H and O–H groups in total. The van der Waals surface area contributed by atoms with Crippen LogP contribution in [0.15, 0.2) is 30.3 Å². The number of hydrogen-bond acceptors (Lipinski definition) is 4. The van der Waals surface area contributed by atoms with Crippen LogP contribution < -0.4 is 10.1 Å². The third kappa shape index (κ3) is 4.18. The molecule has 0 bridgehead atoms. The van der Waals surface area contributed by atoms with Gasteiger partial charge in [0.1, 0.15) is 18.2 Å². The molecule has 0 atom stereocenters. The van der Waals surface area contributed by atoms with E-state index < -0.39 is 0 Å². The molecule has 4 heteroatoms. The SMILES string of the molecule is CCNc1cc(C)nc(COc2ccccc2C(C)C)n1. The van der Waals surface area contributed by atoms with Crippen LogP contribution in [0, 0.1) is 6.92 Å². The van der Waals surface area contributed by atoms with Gasteiger partial charge in [0, 0.05) is 18.3 Å². The third-order valence-corrected chi connectivity index (χ3v) is 3.16. The number of anilines is 1. The molecule has 0 spiro atoms. The summed E-state index contributed by atoms with van der Waals surface area (Å²) < 4.78 is 5.92. The van der Waals surface area contributed by atoms with E-state index in [1.807, 2.05) is 38.1 Å². The first-order valence-corrected chi connectivity index (χ1v) is 7.40. The molecular formula is C17H23N3O. The standard InChI is InChI=1S/C17H23N3O/c1-5-18-16-10-13(4)19-17(20-16)11-21-15-9-7-6-8-14(15)12(2)3/h6-10,12H,5,11H2,1-4H3,(H,18,19,20). The van der Waals surface area contributed by atoms with Gasteiger partial charge in [0.15, 0.2) is 5.82 Å². The van der Waals surface area contributed by atoms with Gasteiger partial charge in [0.05, 0.1) is 0 Å². The molecule has 1 heterocycles. The average Bonchev–Trinajstić information content (AvgIpc) is 2.45. The Balaban J connectivity index is 2.13. The van der Waals surface area contributed by atoms with Crippen molar-refractivity contribution in [3.8, 4) is 5.75 Å². The van der Waals surface area contributed by atoms with Crippen molar-refractivity contribution in [3.63, 3.8) is 0 Å². The molecule has 1 aromatic carbocycles. The summed E-state index contributed by atoms with van der Waals surface area (Å²) in [5.41, 5.74) is 2.15. The molecule has 112 valence electrons. The Morgan fingerprint density at radius 2 is 1.95 bits per heavy atom.